The van der Waals surface area contributed by atoms with Crippen LogP contribution in [0.25, 0.3) is 21.8 Å². The van der Waals surface area contributed by atoms with Gasteiger partial charge in [-0.25, -0.2) is 4.98 Å². The zero-order valence-corrected chi connectivity index (χ0v) is 14.3. The quantitative estimate of drug-likeness (QED) is 0.595. The molecule has 0 spiro atoms. The lowest BCUT2D eigenvalue weighted by atomic mass is 10.1. The summed E-state index contributed by atoms with van der Waals surface area (Å²) in [6, 6.07) is 15.0. The Hall–Kier alpha value is -3.41. The van der Waals surface area contributed by atoms with Gasteiger partial charge in [-0.1, -0.05) is 30.3 Å². The van der Waals surface area contributed by atoms with E-state index in [4.69, 9.17) is 0 Å². The number of amides is 1. The van der Waals surface area contributed by atoms with Gasteiger partial charge in [0.2, 0.25) is 0 Å². The van der Waals surface area contributed by atoms with E-state index in [1.807, 2.05) is 41.9 Å². The van der Waals surface area contributed by atoms with Gasteiger partial charge < -0.3 is 14.9 Å². The lowest BCUT2D eigenvalue weighted by Gasteiger charge is -2.08. The number of imidazole rings is 1. The molecule has 6 nitrogen and oxygen atoms in total. The second-order valence-corrected chi connectivity index (χ2v) is 6.16. The van der Waals surface area contributed by atoms with Crippen molar-refractivity contribution in [3.63, 3.8) is 0 Å². The lowest BCUT2D eigenvalue weighted by Crippen LogP contribution is -2.27. The molecule has 0 saturated carbocycles. The smallest absolute Gasteiger partial charge is 0.255 e. The molecule has 6 heteroatoms. The van der Waals surface area contributed by atoms with Crippen LogP contribution in [-0.2, 0) is 13.5 Å². The summed E-state index contributed by atoms with van der Waals surface area (Å²) in [5.41, 5.74) is 2.28. The lowest BCUT2D eigenvalue weighted by molar-refractivity contribution is 0.0955. The number of aryl methyl sites for hydroxylation is 1. The van der Waals surface area contributed by atoms with E-state index in [0.29, 0.717) is 29.3 Å². The summed E-state index contributed by atoms with van der Waals surface area (Å²) in [6.45, 7) is 0.462. The molecule has 2 aromatic heterocycles. The fraction of sp³-hybridized carbons (Fsp3) is 0.150. The molecule has 0 bridgehead atoms. The fourth-order valence-electron chi connectivity index (χ4n) is 3.20. The number of para-hydroxylation sites is 2. The minimum Gasteiger partial charge on any atom is -0.352 e. The number of fused-ring (bicyclic) bond motifs is 2. The molecule has 2 aromatic carbocycles. The first-order chi connectivity index (χ1) is 12.6. The SMILES string of the molecule is Cn1c(CCNC(=O)c2c[nH]c(=O)c3ccccc23)nc2ccccc21. The maximum Gasteiger partial charge on any atom is 0.255 e. The number of rotatable bonds is 4. The highest BCUT2D eigenvalue weighted by Crippen LogP contribution is 2.15. The van der Waals surface area contributed by atoms with Crippen molar-refractivity contribution in [3.8, 4) is 0 Å². The van der Waals surface area contributed by atoms with E-state index >= 15 is 0 Å². The number of pyridine rings is 1. The second kappa shape index (κ2) is 6.48. The molecule has 0 atom stereocenters. The first kappa shape index (κ1) is 16.1. The van der Waals surface area contributed by atoms with Crippen molar-refractivity contribution < 1.29 is 4.79 Å². The van der Waals surface area contributed by atoms with Gasteiger partial charge in [-0.3, -0.25) is 9.59 Å². The van der Waals surface area contributed by atoms with E-state index in [1.165, 1.54) is 6.20 Å². The average Bonchev–Trinajstić information content (AvgIpc) is 2.98. The standard InChI is InChI=1S/C20H18N4O2/c1-24-17-9-5-4-8-16(17)23-18(24)10-11-21-20(26)15-12-22-19(25)14-7-3-2-6-13(14)15/h2-9,12H,10-11H2,1H3,(H,21,26)(H,22,25). The van der Waals surface area contributed by atoms with Crippen LogP contribution >= 0.6 is 0 Å². The van der Waals surface area contributed by atoms with E-state index in [1.54, 1.807) is 18.2 Å². The van der Waals surface area contributed by atoms with Crippen LogP contribution in [0.1, 0.15) is 16.2 Å². The van der Waals surface area contributed by atoms with Gasteiger partial charge in [-0.15, -0.1) is 0 Å². The van der Waals surface area contributed by atoms with Crippen molar-refractivity contribution in [2.24, 2.45) is 7.05 Å². The molecule has 1 amide bonds. The van der Waals surface area contributed by atoms with Crippen LogP contribution < -0.4 is 10.9 Å². The predicted molar refractivity (Wildman–Crippen MR) is 101 cm³/mol. The molecule has 0 unspecified atom stereocenters. The van der Waals surface area contributed by atoms with Crippen LogP contribution in [0.3, 0.4) is 0 Å². The summed E-state index contributed by atoms with van der Waals surface area (Å²) < 4.78 is 2.04. The third-order valence-corrected chi connectivity index (χ3v) is 4.57. The molecule has 0 aliphatic rings. The molecule has 0 aliphatic carbocycles. The van der Waals surface area contributed by atoms with Crippen LogP contribution in [0.2, 0.25) is 0 Å². The number of aromatic amines is 1. The van der Waals surface area contributed by atoms with E-state index in [0.717, 1.165) is 16.9 Å². The maximum atomic E-state index is 12.6. The molecule has 130 valence electrons. The summed E-state index contributed by atoms with van der Waals surface area (Å²) in [5.74, 6) is 0.703. The van der Waals surface area contributed by atoms with Gasteiger partial charge in [0, 0.05) is 37.0 Å². The number of carbonyl (C=O) groups is 1. The predicted octanol–water partition coefficient (Wildman–Crippen LogP) is 2.39. The largest absolute Gasteiger partial charge is 0.352 e. The van der Waals surface area contributed by atoms with E-state index in [-0.39, 0.29) is 11.5 Å². The van der Waals surface area contributed by atoms with Crippen LogP contribution in [0.15, 0.2) is 59.5 Å². The molecule has 2 heterocycles. The second-order valence-electron chi connectivity index (χ2n) is 6.16. The van der Waals surface area contributed by atoms with Gasteiger partial charge in [-0.05, 0) is 18.2 Å². The van der Waals surface area contributed by atoms with E-state index in [9.17, 15) is 9.59 Å². The highest BCUT2D eigenvalue weighted by molar-refractivity contribution is 6.06. The molecule has 0 saturated heterocycles. The minimum absolute atomic E-state index is 0.197. The Morgan fingerprint density at radius 3 is 2.65 bits per heavy atom. The van der Waals surface area contributed by atoms with E-state index < -0.39 is 0 Å². The maximum absolute atomic E-state index is 12.6. The van der Waals surface area contributed by atoms with Crippen molar-refractivity contribution in [1.82, 2.24) is 19.9 Å². The minimum atomic E-state index is -0.212. The Morgan fingerprint density at radius 2 is 1.85 bits per heavy atom. The monoisotopic (exact) mass is 346 g/mol. The third kappa shape index (κ3) is 2.75. The number of aromatic nitrogens is 3. The highest BCUT2D eigenvalue weighted by atomic mass is 16.1. The Morgan fingerprint density at radius 1 is 1.12 bits per heavy atom. The molecule has 4 rings (SSSR count). The Bertz CT molecular complexity index is 1170. The van der Waals surface area contributed by atoms with Gasteiger partial charge in [0.15, 0.2) is 0 Å². The highest BCUT2D eigenvalue weighted by Gasteiger charge is 2.12. The normalized spacial score (nSPS) is 11.1. The van der Waals surface area contributed by atoms with Gasteiger partial charge in [-0.2, -0.15) is 0 Å². The summed E-state index contributed by atoms with van der Waals surface area (Å²) >= 11 is 0. The molecular weight excluding hydrogens is 328 g/mol. The van der Waals surface area contributed by atoms with Crippen LogP contribution in [0, 0.1) is 0 Å². The number of hydrogen-bond acceptors (Lipinski definition) is 3. The van der Waals surface area contributed by atoms with Crippen LogP contribution in [0.5, 0.6) is 0 Å². The Labute approximate surface area is 149 Å². The molecule has 0 aliphatic heterocycles. The number of hydrogen-bond donors (Lipinski definition) is 2. The molecule has 2 N–H and O–H groups in total. The average molecular weight is 346 g/mol. The van der Waals surface area contributed by atoms with Crippen molar-refractivity contribution >= 4 is 27.7 Å². The number of nitrogens with zero attached hydrogens (tertiary/aromatic N) is 2. The number of H-pyrrole nitrogens is 1. The zero-order valence-electron chi connectivity index (χ0n) is 14.3. The van der Waals surface area contributed by atoms with Crippen molar-refractivity contribution in [1.29, 1.82) is 0 Å². The molecule has 0 radical (unpaired) electrons. The number of nitrogens with one attached hydrogen (secondary N) is 2. The van der Waals surface area contributed by atoms with Gasteiger partial charge >= 0.3 is 0 Å². The van der Waals surface area contributed by atoms with Crippen molar-refractivity contribution in [2.75, 3.05) is 6.54 Å². The fourth-order valence-corrected chi connectivity index (χ4v) is 3.20. The molecule has 26 heavy (non-hydrogen) atoms. The first-order valence-corrected chi connectivity index (χ1v) is 8.44. The molecule has 4 aromatic rings. The van der Waals surface area contributed by atoms with Crippen LogP contribution in [-0.4, -0.2) is 27.0 Å². The molecular formula is C20H18N4O2. The third-order valence-electron chi connectivity index (χ3n) is 4.57. The summed E-state index contributed by atoms with van der Waals surface area (Å²) in [6.07, 6.45) is 2.09. The number of benzene rings is 2. The van der Waals surface area contributed by atoms with Crippen LogP contribution in [0.4, 0.5) is 0 Å². The van der Waals surface area contributed by atoms with Gasteiger partial charge in [0.25, 0.3) is 11.5 Å². The Kier molecular flexibility index (Phi) is 4.01. The molecule has 0 fully saturated rings. The summed E-state index contributed by atoms with van der Waals surface area (Å²) in [4.78, 5) is 31.7. The number of carbonyl (C=O) groups excluding carboxylic acids is 1. The summed E-state index contributed by atoms with van der Waals surface area (Å²) in [5, 5.41) is 4.08. The van der Waals surface area contributed by atoms with Crippen molar-refractivity contribution in [3.05, 3.63) is 76.5 Å². The van der Waals surface area contributed by atoms with E-state index in [2.05, 4.69) is 15.3 Å². The first-order valence-electron chi connectivity index (χ1n) is 8.44. The van der Waals surface area contributed by atoms with Crippen molar-refractivity contribution in [2.45, 2.75) is 6.42 Å². The Balaban J connectivity index is 1.52. The summed E-state index contributed by atoms with van der Waals surface area (Å²) in [7, 11) is 1.97. The van der Waals surface area contributed by atoms with Gasteiger partial charge in [0.05, 0.1) is 16.6 Å². The zero-order chi connectivity index (χ0) is 18.1. The van der Waals surface area contributed by atoms with Gasteiger partial charge in [0.1, 0.15) is 5.82 Å². The topological polar surface area (TPSA) is 79.8 Å².